The van der Waals surface area contributed by atoms with Crippen molar-refractivity contribution in [1.29, 1.82) is 0 Å². The van der Waals surface area contributed by atoms with Crippen LogP contribution in [0.1, 0.15) is 59.1 Å². The molecule has 4 rings (SSSR count). The maximum atomic E-state index is 12.7. The number of piperidine rings is 1. The van der Waals surface area contributed by atoms with Gasteiger partial charge in [-0.1, -0.05) is 0 Å². The molecular formula is C30H40N6O2S. The molecule has 3 aromatic rings. The van der Waals surface area contributed by atoms with Gasteiger partial charge in [0.05, 0.1) is 17.0 Å². The number of nitrogens with zero attached hydrogens (tertiary/aromatic N) is 5. The van der Waals surface area contributed by atoms with Crippen molar-refractivity contribution < 1.29 is 9.00 Å². The number of carbonyl (C=O) groups excluding carboxylic acids is 1. The molecule has 39 heavy (non-hydrogen) atoms. The van der Waals surface area contributed by atoms with Crippen LogP contribution in [0.15, 0.2) is 53.9 Å². The average Bonchev–Trinajstić information content (AvgIpc) is 2.92. The van der Waals surface area contributed by atoms with Gasteiger partial charge in [0.15, 0.2) is 0 Å². The van der Waals surface area contributed by atoms with Crippen LogP contribution in [-0.2, 0) is 17.3 Å². The second-order valence-corrected chi connectivity index (χ2v) is 11.8. The molecule has 208 valence electrons. The molecule has 1 N–H and O–H groups in total. The molecule has 1 saturated heterocycles. The van der Waals surface area contributed by atoms with E-state index in [1.807, 2.05) is 38.4 Å². The molecule has 1 aliphatic heterocycles. The van der Waals surface area contributed by atoms with Crippen LogP contribution in [-0.4, -0.2) is 67.9 Å². The number of hydrogen-bond donors (Lipinski definition) is 1. The minimum atomic E-state index is -0.994. The molecule has 0 aliphatic carbocycles. The molecule has 1 aromatic carbocycles. The van der Waals surface area contributed by atoms with Gasteiger partial charge in [0.25, 0.3) is 5.91 Å². The molecule has 1 amide bonds. The number of aromatic nitrogens is 3. The molecule has 0 saturated carbocycles. The zero-order valence-electron chi connectivity index (χ0n) is 23.7. The summed E-state index contributed by atoms with van der Waals surface area (Å²) in [6, 6.07) is 11.0. The average molecular weight is 549 g/mol. The summed E-state index contributed by atoms with van der Waals surface area (Å²) >= 11 is 0. The van der Waals surface area contributed by atoms with Crippen LogP contribution in [0, 0.1) is 20.8 Å². The number of hydrogen-bond acceptors (Lipinski definition) is 7. The third-order valence-corrected chi connectivity index (χ3v) is 8.79. The number of pyridine rings is 1. The van der Waals surface area contributed by atoms with Crippen molar-refractivity contribution in [1.82, 2.24) is 25.2 Å². The van der Waals surface area contributed by atoms with Gasteiger partial charge in [-0.15, -0.1) is 0 Å². The fourth-order valence-corrected chi connectivity index (χ4v) is 5.85. The van der Waals surface area contributed by atoms with Gasteiger partial charge in [-0.05, 0) is 88.4 Å². The lowest BCUT2D eigenvalue weighted by atomic mass is 9.99. The lowest BCUT2D eigenvalue weighted by Gasteiger charge is -2.42. The van der Waals surface area contributed by atoms with E-state index < -0.39 is 10.8 Å². The monoisotopic (exact) mass is 548 g/mol. The Labute approximate surface area is 234 Å². The van der Waals surface area contributed by atoms with Crippen LogP contribution < -0.4 is 10.2 Å². The predicted octanol–water partition coefficient (Wildman–Crippen LogP) is 4.21. The number of carbonyl (C=O) groups is 1. The zero-order chi connectivity index (χ0) is 27.9. The molecule has 0 spiro atoms. The highest BCUT2D eigenvalue weighted by Gasteiger charge is 2.28. The van der Waals surface area contributed by atoms with Crippen molar-refractivity contribution in [3.63, 3.8) is 0 Å². The number of anilines is 1. The van der Waals surface area contributed by atoms with Crippen molar-refractivity contribution in [2.24, 2.45) is 0 Å². The molecule has 2 aromatic heterocycles. The van der Waals surface area contributed by atoms with E-state index in [-0.39, 0.29) is 5.91 Å². The van der Waals surface area contributed by atoms with Gasteiger partial charge in [0, 0.05) is 78.3 Å². The first-order chi connectivity index (χ1) is 18.7. The Morgan fingerprint density at radius 2 is 1.77 bits per heavy atom. The minimum absolute atomic E-state index is 0.101. The zero-order valence-corrected chi connectivity index (χ0v) is 24.5. The molecular weight excluding hydrogens is 508 g/mol. The maximum absolute atomic E-state index is 12.7. The standard InChI is InChI=1S/C30H40N6O2S/c1-21-10-14-31-18-25(21)19-36(26-6-8-28(9-7-26)39(5)38)27-12-16-35(17-13-27)22(2)11-15-32-30(37)29-23(3)33-20-34-24(29)4/h6-10,14,18,20,22,27H,11-13,15-17,19H2,1-5H3,(H,32,37)/t22-,39?/m1/s1. The molecule has 0 bridgehead atoms. The van der Waals surface area contributed by atoms with Gasteiger partial charge < -0.3 is 15.1 Å². The third-order valence-electron chi connectivity index (χ3n) is 7.85. The van der Waals surface area contributed by atoms with E-state index in [1.54, 1.807) is 6.26 Å². The Morgan fingerprint density at radius 3 is 2.38 bits per heavy atom. The maximum Gasteiger partial charge on any atom is 0.254 e. The van der Waals surface area contributed by atoms with E-state index in [1.165, 1.54) is 17.5 Å². The van der Waals surface area contributed by atoms with Gasteiger partial charge in [-0.25, -0.2) is 9.97 Å². The quantitative estimate of drug-likeness (QED) is 0.406. The Morgan fingerprint density at radius 1 is 1.10 bits per heavy atom. The molecule has 1 fully saturated rings. The molecule has 9 heteroatoms. The highest BCUT2D eigenvalue weighted by Crippen LogP contribution is 2.28. The van der Waals surface area contributed by atoms with Crippen molar-refractivity contribution in [2.45, 2.75) is 70.5 Å². The lowest BCUT2D eigenvalue weighted by Crippen LogP contribution is -2.48. The molecule has 1 unspecified atom stereocenters. The highest BCUT2D eigenvalue weighted by molar-refractivity contribution is 7.84. The number of amides is 1. The fraction of sp³-hybridized carbons (Fsp3) is 0.467. The van der Waals surface area contributed by atoms with Gasteiger partial charge >= 0.3 is 0 Å². The smallest absolute Gasteiger partial charge is 0.254 e. The molecule has 3 heterocycles. The third kappa shape index (κ3) is 7.28. The molecule has 2 atom stereocenters. The summed E-state index contributed by atoms with van der Waals surface area (Å²) < 4.78 is 11.9. The molecule has 1 aliphatic rings. The van der Waals surface area contributed by atoms with E-state index in [9.17, 15) is 9.00 Å². The van der Waals surface area contributed by atoms with Gasteiger partial charge in [0.1, 0.15) is 6.33 Å². The van der Waals surface area contributed by atoms with E-state index in [0.29, 0.717) is 35.6 Å². The highest BCUT2D eigenvalue weighted by atomic mass is 32.2. The second-order valence-electron chi connectivity index (χ2n) is 10.5. The SMILES string of the molecule is Cc1ccncc1CN(c1ccc(S(C)=O)cc1)C1CCN([C@H](C)CCNC(=O)c2c(C)ncnc2C)CC1. The molecule has 8 nitrogen and oxygen atoms in total. The summed E-state index contributed by atoms with van der Waals surface area (Å²) in [5, 5.41) is 3.06. The van der Waals surface area contributed by atoms with Crippen molar-refractivity contribution in [3.05, 3.63) is 77.1 Å². The van der Waals surface area contributed by atoms with Crippen molar-refractivity contribution in [2.75, 3.05) is 30.8 Å². The van der Waals surface area contributed by atoms with Crippen molar-refractivity contribution in [3.8, 4) is 0 Å². The number of nitrogens with one attached hydrogen (secondary N) is 1. The Bertz CT molecular complexity index is 1270. The number of aryl methyl sites for hydroxylation is 3. The molecule has 0 radical (unpaired) electrons. The topological polar surface area (TPSA) is 91.3 Å². The van der Waals surface area contributed by atoms with Crippen LogP contribution in [0.4, 0.5) is 5.69 Å². The predicted molar refractivity (Wildman–Crippen MR) is 156 cm³/mol. The van der Waals surface area contributed by atoms with Gasteiger partial charge in [-0.3, -0.25) is 14.0 Å². The van der Waals surface area contributed by atoms with Crippen LogP contribution >= 0.6 is 0 Å². The summed E-state index contributed by atoms with van der Waals surface area (Å²) in [6.45, 7) is 11.5. The van der Waals surface area contributed by atoms with E-state index in [2.05, 4.69) is 62.1 Å². The van der Waals surface area contributed by atoms with Crippen molar-refractivity contribution >= 4 is 22.4 Å². The Kier molecular flexibility index (Phi) is 9.80. The first-order valence-electron chi connectivity index (χ1n) is 13.6. The normalized spacial score (nSPS) is 16.0. The summed E-state index contributed by atoms with van der Waals surface area (Å²) in [5.74, 6) is -0.101. The second kappa shape index (κ2) is 13.3. The summed E-state index contributed by atoms with van der Waals surface area (Å²) in [4.78, 5) is 31.3. The van der Waals surface area contributed by atoms with Crippen LogP contribution in [0.3, 0.4) is 0 Å². The van der Waals surface area contributed by atoms with Crippen LogP contribution in [0.25, 0.3) is 0 Å². The Balaban J connectivity index is 1.36. The number of likely N-dealkylation sites (tertiary alicyclic amines) is 1. The van der Waals surface area contributed by atoms with Gasteiger partial charge in [-0.2, -0.15) is 0 Å². The first kappa shape index (κ1) is 28.8. The van der Waals surface area contributed by atoms with E-state index in [0.717, 1.165) is 49.5 Å². The Hall–Kier alpha value is -3.17. The fourth-order valence-electron chi connectivity index (χ4n) is 5.33. The largest absolute Gasteiger partial charge is 0.364 e. The summed E-state index contributed by atoms with van der Waals surface area (Å²) in [6.07, 6.45) is 10.0. The number of benzene rings is 1. The summed E-state index contributed by atoms with van der Waals surface area (Å²) in [5.41, 5.74) is 5.60. The van der Waals surface area contributed by atoms with Gasteiger partial charge in [0.2, 0.25) is 0 Å². The van der Waals surface area contributed by atoms with Crippen LogP contribution in [0.5, 0.6) is 0 Å². The first-order valence-corrected chi connectivity index (χ1v) is 15.2. The van der Waals surface area contributed by atoms with E-state index >= 15 is 0 Å². The lowest BCUT2D eigenvalue weighted by molar-refractivity contribution is 0.0943. The van der Waals surface area contributed by atoms with Crippen LogP contribution in [0.2, 0.25) is 0 Å². The summed E-state index contributed by atoms with van der Waals surface area (Å²) in [7, 11) is -0.994. The van der Waals surface area contributed by atoms with E-state index in [4.69, 9.17) is 0 Å². The minimum Gasteiger partial charge on any atom is -0.364 e. The number of rotatable bonds is 10.